The van der Waals surface area contributed by atoms with Crippen LogP contribution in [-0.2, 0) is 0 Å². The van der Waals surface area contributed by atoms with E-state index in [2.05, 4.69) is 15.5 Å². The Morgan fingerprint density at radius 2 is 1.73 bits per heavy atom. The molecule has 0 radical (unpaired) electrons. The summed E-state index contributed by atoms with van der Waals surface area (Å²) in [6, 6.07) is 18.4. The second-order valence-electron chi connectivity index (χ2n) is 6.73. The summed E-state index contributed by atoms with van der Waals surface area (Å²) in [5, 5.41) is 12.1. The molecule has 1 N–H and O–H groups in total. The Morgan fingerprint density at radius 3 is 2.43 bits per heavy atom. The van der Waals surface area contributed by atoms with Crippen molar-refractivity contribution in [1.29, 1.82) is 0 Å². The summed E-state index contributed by atoms with van der Waals surface area (Å²) in [5.74, 6) is 1.08. The maximum Gasteiger partial charge on any atom is 0.259 e. The first-order valence-corrected chi connectivity index (χ1v) is 9.64. The molecule has 4 aromatic rings. The van der Waals surface area contributed by atoms with Crippen LogP contribution in [-0.4, -0.2) is 34.6 Å². The van der Waals surface area contributed by atoms with Crippen molar-refractivity contribution in [1.82, 2.24) is 15.0 Å². The second-order valence-corrected chi connectivity index (χ2v) is 6.73. The number of para-hydroxylation sites is 1. The first-order chi connectivity index (χ1) is 14.6. The zero-order valence-corrected chi connectivity index (χ0v) is 17.0. The van der Waals surface area contributed by atoms with Crippen LogP contribution in [0.2, 0.25) is 0 Å². The summed E-state index contributed by atoms with van der Waals surface area (Å²) in [6.45, 7) is 4.49. The van der Waals surface area contributed by atoms with Crippen molar-refractivity contribution in [3.05, 3.63) is 71.8 Å². The molecule has 0 saturated carbocycles. The Kier molecular flexibility index (Phi) is 5.34. The van der Waals surface area contributed by atoms with E-state index in [1.165, 1.54) is 0 Å². The molecule has 0 atom stereocenters. The lowest BCUT2D eigenvalue weighted by Crippen LogP contribution is -2.13. The minimum Gasteiger partial charge on any atom is -0.496 e. The average molecular weight is 402 g/mol. The van der Waals surface area contributed by atoms with E-state index in [1.54, 1.807) is 30.1 Å². The van der Waals surface area contributed by atoms with Crippen molar-refractivity contribution in [2.24, 2.45) is 0 Å². The number of anilines is 1. The number of methoxy groups -OCH3 is 1. The summed E-state index contributed by atoms with van der Waals surface area (Å²) < 4.78 is 10.8. The molecule has 0 fully saturated rings. The highest BCUT2D eigenvalue weighted by atomic mass is 16.5. The highest BCUT2D eigenvalue weighted by molar-refractivity contribution is 6.07. The predicted octanol–water partition coefficient (Wildman–Crippen LogP) is 4.39. The summed E-state index contributed by atoms with van der Waals surface area (Å²) in [7, 11) is 1.54. The van der Waals surface area contributed by atoms with Crippen LogP contribution in [0.4, 0.5) is 5.69 Å². The molecule has 0 aliphatic carbocycles. The van der Waals surface area contributed by atoms with Crippen molar-refractivity contribution in [3.63, 3.8) is 0 Å². The first kappa shape index (κ1) is 19.4. The molecule has 152 valence electrons. The molecule has 0 aliphatic heterocycles. The van der Waals surface area contributed by atoms with Crippen LogP contribution in [0.3, 0.4) is 0 Å². The maximum atomic E-state index is 12.7. The van der Waals surface area contributed by atoms with Crippen LogP contribution in [0.5, 0.6) is 11.5 Å². The van der Waals surface area contributed by atoms with Gasteiger partial charge in [-0.15, -0.1) is 10.2 Å². The lowest BCUT2D eigenvalue weighted by molar-refractivity contribution is 0.102. The Morgan fingerprint density at radius 1 is 1.03 bits per heavy atom. The smallest absolute Gasteiger partial charge is 0.259 e. The largest absolute Gasteiger partial charge is 0.496 e. The Bertz CT molecular complexity index is 1200. The lowest BCUT2D eigenvalue weighted by Gasteiger charge is -2.10. The van der Waals surface area contributed by atoms with Gasteiger partial charge in [0.25, 0.3) is 5.91 Å². The monoisotopic (exact) mass is 402 g/mol. The van der Waals surface area contributed by atoms with Gasteiger partial charge < -0.3 is 14.8 Å². The third-order valence-corrected chi connectivity index (χ3v) is 4.70. The molecule has 4 rings (SSSR count). The number of aryl methyl sites for hydroxylation is 1. The number of ether oxygens (including phenoxy) is 2. The van der Waals surface area contributed by atoms with Gasteiger partial charge in [0.05, 0.1) is 25.0 Å². The topological polar surface area (TPSA) is 78.3 Å². The number of nitrogens with zero attached hydrogens (tertiary/aromatic N) is 3. The van der Waals surface area contributed by atoms with Gasteiger partial charge in [0.15, 0.2) is 0 Å². The van der Waals surface area contributed by atoms with Crippen molar-refractivity contribution in [3.8, 4) is 17.2 Å². The number of fused-ring (bicyclic) bond motifs is 1. The fourth-order valence-corrected chi connectivity index (χ4v) is 3.18. The third-order valence-electron chi connectivity index (χ3n) is 4.70. The van der Waals surface area contributed by atoms with Gasteiger partial charge in [-0.3, -0.25) is 4.79 Å². The van der Waals surface area contributed by atoms with Gasteiger partial charge >= 0.3 is 0 Å². The molecule has 0 bridgehead atoms. The van der Waals surface area contributed by atoms with Crippen LogP contribution in [0.15, 0.2) is 60.7 Å². The van der Waals surface area contributed by atoms with E-state index in [-0.39, 0.29) is 5.91 Å². The van der Waals surface area contributed by atoms with Gasteiger partial charge in [0.1, 0.15) is 22.5 Å². The lowest BCUT2D eigenvalue weighted by atomic mass is 10.1. The molecule has 1 heterocycles. The number of hydrogen-bond acceptors (Lipinski definition) is 5. The fraction of sp³-hybridized carbons (Fsp3) is 0.174. The number of nitrogens with one attached hydrogen (secondary N) is 1. The molecule has 3 aromatic carbocycles. The van der Waals surface area contributed by atoms with Crippen molar-refractivity contribution >= 4 is 22.6 Å². The van der Waals surface area contributed by atoms with Crippen LogP contribution in [0.25, 0.3) is 16.7 Å². The van der Waals surface area contributed by atoms with E-state index in [9.17, 15) is 4.79 Å². The molecule has 0 unspecified atom stereocenters. The van der Waals surface area contributed by atoms with Crippen LogP contribution >= 0.6 is 0 Å². The summed E-state index contributed by atoms with van der Waals surface area (Å²) in [6.07, 6.45) is 0. The summed E-state index contributed by atoms with van der Waals surface area (Å²) in [4.78, 5) is 14.3. The van der Waals surface area contributed by atoms with Crippen LogP contribution < -0.4 is 14.8 Å². The van der Waals surface area contributed by atoms with Gasteiger partial charge in [0.2, 0.25) is 0 Å². The molecule has 0 saturated heterocycles. The van der Waals surface area contributed by atoms with Gasteiger partial charge in [-0.25, -0.2) is 0 Å². The molecule has 7 heteroatoms. The molecule has 30 heavy (non-hydrogen) atoms. The molecular weight excluding hydrogens is 380 g/mol. The number of rotatable bonds is 6. The van der Waals surface area contributed by atoms with Gasteiger partial charge in [-0.1, -0.05) is 12.1 Å². The number of aromatic nitrogens is 3. The average Bonchev–Trinajstić information content (AvgIpc) is 3.17. The van der Waals surface area contributed by atoms with Crippen molar-refractivity contribution < 1.29 is 14.3 Å². The Hall–Kier alpha value is -3.87. The van der Waals surface area contributed by atoms with E-state index in [0.717, 1.165) is 22.5 Å². The Balaban J connectivity index is 1.63. The van der Waals surface area contributed by atoms with Gasteiger partial charge in [-0.05, 0) is 67.9 Å². The standard InChI is InChI=1S/C23H22N4O3/c1-4-30-17-11-9-16(10-12-17)27-25-20-13-15(2)19(14-21(20)26-27)24-23(28)18-7-5-6-8-22(18)29-3/h5-14H,4H2,1-3H3,(H,24,28). The van der Waals surface area contributed by atoms with E-state index in [1.807, 2.05) is 56.3 Å². The molecular formula is C23H22N4O3. The maximum absolute atomic E-state index is 12.7. The van der Waals surface area contributed by atoms with Crippen LogP contribution in [0.1, 0.15) is 22.8 Å². The minimum atomic E-state index is -0.242. The third kappa shape index (κ3) is 3.82. The summed E-state index contributed by atoms with van der Waals surface area (Å²) >= 11 is 0. The zero-order valence-electron chi connectivity index (χ0n) is 17.0. The van der Waals surface area contributed by atoms with Crippen LogP contribution in [0, 0.1) is 6.92 Å². The van der Waals surface area contributed by atoms with E-state index < -0.39 is 0 Å². The number of benzene rings is 3. The van der Waals surface area contributed by atoms with Gasteiger partial charge in [-0.2, -0.15) is 4.80 Å². The molecule has 1 aromatic heterocycles. The Labute approximate surface area is 174 Å². The van der Waals surface area contributed by atoms with Crippen molar-refractivity contribution in [2.75, 3.05) is 19.0 Å². The molecule has 1 amide bonds. The minimum absolute atomic E-state index is 0.242. The number of hydrogen-bond donors (Lipinski definition) is 1. The van der Waals surface area contributed by atoms with E-state index in [4.69, 9.17) is 9.47 Å². The highest BCUT2D eigenvalue weighted by Crippen LogP contribution is 2.25. The summed E-state index contributed by atoms with van der Waals surface area (Å²) in [5.41, 5.74) is 4.30. The SMILES string of the molecule is CCOc1ccc(-n2nc3cc(C)c(NC(=O)c4ccccc4OC)cc3n2)cc1. The highest BCUT2D eigenvalue weighted by Gasteiger charge is 2.14. The van der Waals surface area contributed by atoms with Gasteiger partial charge in [0, 0.05) is 5.69 Å². The number of carbonyl (C=O) groups excluding carboxylic acids is 1. The number of amides is 1. The molecule has 0 spiro atoms. The first-order valence-electron chi connectivity index (χ1n) is 9.64. The van der Waals surface area contributed by atoms with E-state index >= 15 is 0 Å². The fourth-order valence-electron chi connectivity index (χ4n) is 3.18. The predicted molar refractivity (Wildman–Crippen MR) is 116 cm³/mol. The quantitative estimate of drug-likeness (QED) is 0.518. The normalized spacial score (nSPS) is 10.8. The molecule has 0 aliphatic rings. The van der Waals surface area contributed by atoms with E-state index in [0.29, 0.717) is 29.1 Å². The second kappa shape index (κ2) is 8.24. The number of carbonyl (C=O) groups is 1. The molecule has 7 nitrogen and oxygen atoms in total. The van der Waals surface area contributed by atoms with Crippen molar-refractivity contribution in [2.45, 2.75) is 13.8 Å². The zero-order chi connectivity index (χ0) is 21.1.